The molecule has 4 heteroatoms. The molecule has 0 spiro atoms. The molecule has 0 radical (unpaired) electrons. The molecule has 0 fully saturated rings. The molecule has 0 aliphatic rings. The maximum Gasteiger partial charge on any atom is 0.154 e. The van der Waals surface area contributed by atoms with Gasteiger partial charge in [-0.15, -0.1) is 0 Å². The molecular formula is CCeF3-. The van der Waals surface area contributed by atoms with Crippen molar-refractivity contribution in [3.63, 3.8) is 0 Å². The second kappa shape index (κ2) is 5.17. The van der Waals surface area contributed by atoms with Crippen LogP contribution in [0, 0.1) is 48.4 Å². The molecule has 0 aliphatic heterocycles. The minimum atomic E-state index is -3.08. The predicted octanol–water partition coefficient (Wildman–Crippen LogP) is 1.34. The molecule has 0 rings (SSSR count). The van der Waals surface area contributed by atoms with Crippen LogP contribution in [-0.4, -0.2) is 0 Å². The molecule has 0 atom stereocenters. The fourth-order valence-corrected chi connectivity index (χ4v) is 0. The van der Waals surface area contributed by atoms with E-state index in [2.05, 4.69) is 0 Å². The monoisotopic (exact) mass is 209 g/mol. The van der Waals surface area contributed by atoms with Crippen molar-refractivity contribution in [2.75, 3.05) is 0 Å². The fraction of sp³-hybridized carbons (Fsp3) is 0. The summed E-state index contributed by atoms with van der Waals surface area (Å²) in [5, 5.41) is 0. The fourth-order valence-electron chi connectivity index (χ4n) is 0. The Bertz CT molecular complexity index is 11.6. The van der Waals surface area contributed by atoms with Gasteiger partial charge in [-0.2, -0.15) is 0 Å². The van der Waals surface area contributed by atoms with Gasteiger partial charge in [0.15, 0.2) is 6.68 Å². The summed E-state index contributed by atoms with van der Waals surface area (Å²) >= 11 is 0. The minimum Gasteiger partial charge on any atom is -0.385 e. The van der Waals surface area contributed by atoms with Crippen molar-refractivity contribution < 1.29 is 54.9 Å². The van der Waals surface area contributed by atoms with Crippen LogP contribution in [0.4, 0.5) is 13.2 Å². The van der Waals surface area contributed by atoms with E-state index >= 15 is 0 Å². The summed E-state index contributed by atoms with van der Waals surface area (Å²) in [6, 6.07) is 0. The minimum absolute atomic E-state index is 0. The van der Waals surface area contributed by atoms with E-state index in [4.69, 9.17) is 0 Å². The Morgan fingerprint density at radius 1 is 1.00 bits per heavy atom. The molecule has 0 saturated carbocycles. The second-order valence-electron chi connectivity index (χ2n) is 0.214. The first-order valence-electron chi connectivity index (χ1n) is 0.567. The van der Waals surface area contributed by atoms with Gasteiger partial charge in [0.2, 0.25) is 0 Å². The SMILES string of the molecule is F[C-](F)F.[Ce]. The summed E-state index contributed by atoms with van der Waals surface area (Å²) in [5.41, 5.74) is 0. The van der Waals surface area contributed by atoms with Gasteiger partial charge in [-0.3, -0.25) is 0 Å². The van der Waals surface area contributed by atoms with E-state index in [1.165, 1.54) is 0 Å². The largest absolute Gasteiger partial charge is 0.385 e. The van der Waals surface area contributed by atoms with Crippen molar-refractivity contribution in [2.45, 2.75) is 0 Å². The van der Waals surface area contributed by atoms with Gasteiger partial charge in [0, 0.05) is 41.7 Å². The Morgan fingerprint density at radius 2 is 1.00 bits per heavy atom. The maximum absolute atomic E-state index is 9.58. The molecule has 0 saturated heterocycles. The van der Waals surface area contributed by atoms with E-state index in [0.29, 0.717) is 0 Å². The predicted molar refractivity (Wildman–Crippen MR) is 6.57 cm³/mol. The molecule has 30 valence electrons. The molecule has 0 unspecified atom stereocenters. The Hall–Kier alpha value is 1.17. The topological polar surface area (TPSA) is 0 Å². The molecule has 0 aliphatic carbocycles. The van der Waals surface area contributed by atoms with Gasteiger partial charge in [0.1, 0.15) is 0 Å². The summed E-state index contributed by atoms with van der Waals surface area (Å²) in [7, 11) is 0. The van der Waals surface area contributed by atoms with Gasteiger partial charge in [-0.1, -0.05) is 0 Å². The quantitative estimate of drug-likeness (QED) is 0.528. The van der Waals surface area contributed by atoms with E-state index in [-0.39, 0.29) is 41.7 Å². The zero-order chi connectivity index (χ0) is 3.58. The smallest absolute Gasteiger partial charge is 0.154 e. The number of rotatable bonds is 0. The third-order valence-corrected chi connectivity index (χ3v) is 0. The summed E-state index contributed by atoms with van der Waals surface area (Å²) in [5.74, 6) is 0. The van der Waals surface area contributed by atoms with Crippen molar-refractivity contribution in [3.05, 3.63) is 6.68 Å². The summed E-state index contributed by atoms with van der Waals surface area (Å²) in [6.45, 7) is -3.08. The second-order valence-corrected chi connectivity index (χ2v) is 0.214. The number of hydrogen-bond donors (Lipinski definition) is 0. The van der Waals surface area contributed by atoms with E-state index in [1.807, 2.05) is 0 Å². The van der Waals surface area contributed by atoms with E-state index in [9.17, 15) is 13.2 Å². The Kier molecular flexibility index (Phi) is 9.80. The third kappa shape index (κ3) is 38.1. The summed E-state index contributed by atoms with van der Waals surface area (Å²) in [4.78, 5) is 0. The Balaban J connectivity index is 0. The molecule has 0 aromatic rings. The molecule has 0 aromatic carbocycles. The molecular weight excluding hydrogens is 209 g/mol. The normalized spacial score (nSPS) is 7.20. The van der Waals surface area contributed by atoms with E-state index in [0.717, 1.165) is 0 Å². The van der Waals surface area contributed by atoms with Crippen molar-refractivity contribution in [2.24, 2.45) is 0 Å². The van der Waals surface area contributed by atoms with Crippen LogP contribution in [0.15, 0.2) is 0 Å². The molecule has 0 amide bonds. The molecule has 0 heterocycles. The van der Waals surface area contributed by atoms with Gasteiger partial charge in [0.05, 0.1) is 0 Å². The molecule has 0 aromatic heterocycles. The van der Waals surface area contributed by atoms with Crippen molar-refractivity contribution >= 4 is 0 Å². The van der Waals surface area contributed by atoms with Crippen LogP contribution in [0.3, 0.4) is 0 Å². The van der Waals surface area contributed by atoms with Gasteiger partial charge < -0.3 is 13.2 Å². The standard InChI is InChI=1S/CF3.Ce/c2-1(3)4;/q-1;. The van der Waals surface area contributed by atoms with Gasteiger partial charge in [-0.05, 0) is 0 Å². The van der Waals surface area contributed by atoms with E-state index in [1.54, 1.807) is 0 Å². The first-order valence-corrected chi connectivity index (χ1v) is 0.567. The first kappa shape index (κ1) is 9.48. The van der Waals surface area contributed by atoms with Gasteiger partial charge in [-0.25, -0.2) is 0 Å². The van der Waals surface area contributed by atoms with Crippen LogP contribution in [0.5, 0.6) is 0 Å². The van der Waals surface area contributed by atoms with Crippen LogP contribution in [0.25, 0.3) is 0 Å². The summed E-state index contributed by atoms with van der Waals surface area (Å²) < 4.78 is 28.8. The third-order valence-electron chi connectivity index (χ3n) is 0. The zero-order valence-corrected chi connectivity index (χ0v) is 5.27. The summed E-state index contributed by atoms with van der Waals surface area (Å²) in [6.07, 6.45) is 0. The first-order chi connectivity index (χ1) is 1.73. The van der Waals surface area contributed by atoms with E-state index < -0.39 is 6.68 Å². The Morgan fingerprint density at radius 3 is 1.00 bits per heavy atom. The zero-order valence-electron chi connectivity index (χ0n) is 2.13. The van der Waals surface area contributed by atoms with Gasteiger partial charge in [0.25, 0.3) is 0 Å². The molecule has 0 N–H and O–H groups in total. The van der Waals surface area contributed by atoms with Gasteiger partial charge >= 0.3 is 0 Å². The van der Waals surface area contributed by atoms with Crippen molar-refractivity contribution in [1.82, 2.24) is 0 Å². The molecule has 0 nitrogen and oxygen atoms in total. The average molecular weight is 209 g/mol. The van der Waals surface area contributed by atoms with Crippen LogP contribution in [-0.2, 0) is 0 Å². The number of hydrogen-bond acceptors (Lipinski definition) is 0. The van der Waals surface area contributed by atoms with Crippen LogP contribution < -0.4 is 0 Å². The van der Waals surface area contributed by atoms with Crippen LogP contribution in [0.1, 0.15) is 0 Å². The molecule has 0 bridgehead atoms. The average Bonchev–Trinajstić information content (AvgIpc) is 0.811. The van der Waals surface area contributed by atoms with Crippen LogP contribution >= 0.6 is 0 Å². The maximum atomic E-state index is 9.58. The van der Waals surface area contributed by atoms with Crippen molar-refractivity contribution in [3.8, 4) is 0 Å². The Labute approximate surface area is 61.1 Å². The molecule has 5 heavy (non-hydrogen) atoms. The number of halogens is 3. The van der Waals surface area contributed by atoms with Crippen LogP contribution in [0.2, 0.25) is 0 Å². The van der Waals surface area contributed by atoms with Crippen molar-refractivity contribution in [1.29, 1.82) is 0 Å².